The Morgan fingerprint density at radius 1 is 0.844 bits per heavy atom. The predicted octanol–water partition coefficient (Wildman–Crippen LogP) is 4.87. The number of hydrogen-bond donors (Lipinski definition) is 0. The van der Waals surface area contributed by atoms with Gasteiger partial charge in [0, 0.05) is 19.1 Å². The van der Waals surface area contributed by atoms with Gasteiger partial charge in [0.15, 0.2) is 11.5 Å². The Labute approximate surface area is 192 Å². The van der Waals surface area contributed by atoms with Crippen LogP contribution >= 0.6 is 0 Å². The summed E-state index contributed by atoms with van der Waals surface area (Å²) < 4.78 is 23.4. The van der Waals surface area contributed by atoms with Crippen molar-refractivity contribution in [2.45, 2.75) is 63.4 Å². The highest BCUT2D eigenvalue weighted by Gasteiger charge is 2.35. The number of methoxy groups -OCH3 is 2. The fourth-order valence-corrected chi connectivity index (χ4v) is 5.03. The Bertz CT molecular complexity index is 828. The Balaban J connectivity index is 1.26. The summed E-state index contributed by atoms with van der Waals surface area (Å²) in [4.78, 5) is 2.62. The summed E-state index contributed by atoms with van der Waals surface area (Å²) in [5, 5.41) is 0. The van der Waals surface area contributed by atoms with E-state index in [4.69, 9.17) is 18.9 Å². The monoisotopic (exact) mass is 439 g/mol. The van der Waals surface area contributed by atoms with Crippen molar-refractivity contribution in [1.82, 2.24) is 4.90 Å². The molecule has 0 aromatic heterocycles. The molecule has 5 nitrogen and oxygen atoms in total. The predicted molar refractivity (Wildman–Crippen MR) is 126 cm³/mol. The van der Waals surface area contributed by atoms with Gasteiger partial charge in [-0.1, -0.05) is 49.2 Å². The van der Waals surface area contributed by atoms with E-state index < -0.39 is 0 Å². The van der Waals surface area contributed by atoms with Gasteiger partial charge in [0.25, 0.3) is 0 Å². The molecule has 5 heteroatoms. The molecule has 0 bridgehead atoms. The van der Waals surface area contributed by atoms with Crippen molar-refractivity contribution in [1.29, 1.82) is 0 Å². The first-order valence-corrected chi connectivity index (χ1v) is 12.0. The first-order chi connectivity index (χ1) is 15.8. The van der Waals surface area contributed by atoms with Crippen LogP contribution in [0.3, 0.4) is 0 Å². The van der Waals surface area contributed by atoms with Crippen molar-refractivity contribution in [2.75, 3.05) is 33.9 Å². The topological polar surface area (TPSA) is 40.2 Å². The first-order valence-electron chi connectivity index (χ1n) is 12.0. The lowest BCUT2D eigenvalue weighted by Crippen LogP contribution is -2.46. The molecule has 3 atom stereocenters. The zero-order valence-corrected chi connectivity index (χ0v) is 19.5. The summed E-state index contributed by atoms with van der Waals surface area (Å²) in [5.41, 5.74) is 2.46. The van der Waals surface area contributed by atoms with Gasteiger partial charge in [0.05, 0.1) is 39.6 Å². The Kier molecular flexibility index (Phi) is 8.43. The molecule has 4 rings (SSSR count). The summed E-state index contributed by atoms with van der Waals surface area (Å²) in [7, 11) is 3.34. The minimum Gasteiger partial charge on any atom is -0.493 e. The van der Waals surface area contributed by atoms with E-state index in [0.717, 1.165) is 50.5 Å². The second kappa shape index (κ2) is 11.7. The molecular formula is C27H37NO4. The zero-order valence-electron chi connectivity index (χ0n) is 19.5. The zero-order chi connectivity index (χ0) is 22.2. The van der Waals surface area contributed by atoms with Gasteiger partial charge in [-0.05, 0) is 48.9 Å². The van der Waals surface area contributed by atoms with Gasteiger partial charge >= 0.3 is 0 Å². The van der Waals surface area contributed by atoms with Crippen LogP contribution in [0.15, 0.2) is 48.5 Å². The molecule has 0 spiro atoms. The lowest BCUT2D eigenvalue weighted by atomic mass is 9.91. The molecule has 2 fully saturated rings. The summed E-state index contributed by atoms with van der Waals surface area (Å²) in [6.07, 6.45) is 7.58. The third-order valence-corrected chi connectivity index (χ3v) is 6.81. The highest BCUT2D eigenvalue weighted by atomic mass is 16.5. The van der Waals surface area contributed by atoms with Crippen molar-refractivity contribution >= 4 is 0 Å². The SMILES string of the molecule is COc1ccc(CCOC2CCCCC2N2CCC(OCc3ccccc3)C2)cc1OC. The molecule has 0 radical (unpaired) electrons. The second-order valence-corrected chi connectivity index (χ2v) is 8.90. The van der Waals surface area contributed by atoms with Crippen LogP contribution in [0.4, 0.5) is 0 Å². The highest BCUT2D eigenvalue weighted by molar-refractivity contribution is 5.42. The molecule has 2 aromatic carbocycles. The van der Waals surface area contributed by atoms with Gasteiger partial charge < -0.3 is 18.9 Å². The maximum absolute atomic E-state index is 6.45. The van der Waals surface area contributed by atoms with Crippen LogP contribution < -0.4 is 9.47 Å². The fourth-order valence-electron chi connectivity index (χ4n) is 5.03. The fraction of sp³-hybridized carbons (Fsp3) is 0.556. The number of benzene rings is 2. The number of likely N-dealkylation sites (tertiary alicyclic amines) is 1. The smallest absolute Gasteiger partial charge is 0.160 e. The van der Waals surface area contributed by atoms with E-state index in [0.29, 0.717) is 24.9 Å². The van der Waals surface area contributed by atoms with Gasteiger partial charge in [-0.25, -0.2) is 0 Å². The number of hydrogen-bond acceptors (Lipinski definition) is 5. The third-order valence-electron chi connectivity index (χ3n) is 6.81. The van der Waals surface area contributed by atoms with E-state index in [1.54, 1.807) is 14.2 Å². The summed E-state index contributed by atoms with van der Waals surface area (Å²) in [6.45, 7) is 3.57. The molecule has 1 saturated heterocycles. The lowest BCUT2D eigenvalue weighted by molar-refractivity contribution is -0.0352. The van der Waals surface area contributed by atoms with Crippen LogP contribution in [0, 0.1) is 0 Å². The van der Waals surface area contributed by atoms with Crippen LogP contribution in [0.1, 0.15) is 43.2 Å². The van der Waals surface area contributed by atoms with E-state index in [1.807, 2.05) is 6.07 Å². The Morgan fingerprint density at radius 2 is 1.66 bits per heavy atom. The maximum Gasteiger partial charge on any atom is 0.160 e. The van der Waals surface area contributed by atoms with Crippen LogP contribution in [-0.2, 0) is 22.5 Å². The van der Waals surface area contributed by atoms with Crippen LogP contribution in [0.5, 0.6) is 11.5 Å². The normalized spacial score (nSPS) is 23.9. The van der Waals surface area contributed by atoms with Gasteiger partial charge in [0.1, 0.15) is 0 Å². The van der Waals surface area contributed by atoms with Crippen molar-refractivity contribution in [3.05, 3.63) is 59.7 Å². The van der Waals surface area contributed by atoms with E-state index in [2.05, 4.69) is 47.4 Å². The molecule has 1 aliphatic carbocycles. The van der Waals surface area contributed by atoms with Gasteiger partial charge in [-0.3, -0.25) is 4.90 Å². The molecule has 2 aromatic rings. The number of rotatable bonds is 10. The van der Waals surface area contributed by atoms with Gasteiger partial charge in [-0.2, -0.15) is 0 Å². The quantitative estimate of drug-likeness (QED) is 0.528. The standard InChI is InChI=1S/C27H37NO4/c1-29-26-13-12-21(18-27(26)30-2)15-17-31-25-11-7-6-10-24(25)28-16-14-23(19-28)32-20-22-8-4-3-5-9-22/h3-5,8-9,12-13,18,23-25H,6-7,10-11,14-17,19-20H2,1-2H3. The van der Waals surface area contributed by atoms with Crippen LogP contribution in [-0.4, -0.2) is 57.1 Å². The molecule has 174 valence electrons. The molecule has 0 amide bonds. The van der Waals surface area contributed by atoms with E-state index >= 15 is 0 Å². The molecule has 1 heterocycles. The Morgan fingerprint density at radius 3 is 2.47 bits per heavy atom. The van der Waals surface area contributed by atoms with Crippen molar-refractivity contribution in [3.63, 3.8) is 0 Å². The Hall–Kier alpha value is -2.08. The minimum absolute atomic E-state index is 0.316. The van der Waals surface area contributed by atoms with Crippen molar-refractivity contribution in [2.24, 2.45) is 0 Å². The van der Waals surface area contributed by atoms with Gasteiger partial charge in [0.2, 0.25) is 0 Å². The van der Waals surface area contributed by atoms with Crippen LogP contribution in [0.25, 0.3) is 0 Å². The minimum atomic E-state index is 0.316. The molecule has 2 aliphatic rings. The van der Waals surface area contributed by atoms with Crippen LogP contribution in [0.2, 0.25) is 0 Å². The molecule has 0 N–H and O–H groups in total. The highest BCUT2D eigenvalue weighted by Crippen LogP contribution is 2.30. The molecular weight excluding hydrogens is 402 g/mol. The second-order valence-electron chi connectivity index (χ2n) is 8.90. The summed E-state index contributed by atoms with van der Waals surface area (Å²) in [5.74, 6) is 1.54. The maximum atomic E-state index is 6.45. The molecule has 1 aliphatic heterocycles. The molecule has 32 heavy (non-hydrogen) atoms. The summed E-state index contributed by atoms with van der Waals surface area (Å²) >= 11 is 0. The lowest BCUT2D eigenvalue weighted by Gasteiger charge is -2.37. The van der Waals surface area contributed by atoms with E-state index in [1.165, 1.54) is 30.4 Å². The molecule has 1 saturated carbocycles. The van der Waals surface area contributed by atoms with Crippen molar-refractivity contribution in [3.8, 4) is 11.5 Å². The summed E-state index contributed by atoms with van der Waals surface area (Å²) in [6, 6.07) is 17.1. The average molecular weight is 440 g/mol. The van der Waals surface area contributed by atoms with Crippen molar-refractivity contribution < 1.29 is 18.9 Å². The third kappa shape index (κ3) is 6.03. The largest absolute Gasteiger partial charge is 0.493 e. The van der Waals surface area contributed by atoms with E-state index in [9.17, 15) is 0 Å². The first kappa shape index (κ1) is 23.1. The number of ether oxygens (including phenoxy) is 4. The average Bonchev–Trinajstić information content (AvgIpc) is 3.32. The molecule has 3 unspecified atom stereocenters. The van der Waals surface area contributed by atoms with Gasteiger partial charge in [-0.15, -0.1) is 0 Å². The van der Waals surface area contributed by atoms with E-state index in [-0.39, 0.29) is 0 Å². The number of nitrogens with zero attached hydrogens (tertiary/aromatic N) is 1.